The lowest BCUT2D eigenvalue weighted by Crippen LogP contribution is -2.15. The van der Waals surface area contributed by atoms with Crippen LogP contribution in [0.2, 0.25) is 0 Å². The predicted octanol–water partition coefficient (Wildman–Crippen LogP) is 4.42. The molecular weight excluding hydrogens is 349 g/mol. The molecule has 0 radical (unpaired) electrons. The standard InChI is InChI=1S/C14H10BrF3N2O/c1-8-7-19-5-4-12(8)20-13(21)9-2-3-11(15)10(6-9)14(16,17)18/h2-7H,1H3,(H,19,20,21). The number of amides is 1. The summed E-state index contributed by atoms with van der Waals surface area (Å²) in [4.78, 5) is 15.9. The number of nitrogens with one attached hydrogen (secondary N) is 1. The van der Waals surface area contributed by atoms with Crippen molar-refractivity contribution in [3.05, 3.63) is 57.8 Å². The molecule has 0 aliphatic carbocycles. The molecule has 1 aromatic heterocycles. The van der Waals surface area contributed by atoms with Gasteiger partial charge in [0.25, 0.3) is 5.91 Å². The summed E-state index contributed by atoms with van der Waals surface area (Å²) in [6, 6.07) is 4.93. The molecule has 0 spiro atoms. The third-order valence-corrected chi connectivity index (χ3v) is 3.49. The van der Waals surface area contributed by atoms with Gasteiger partial charge in [0.05, 0.1) is 5.56 Å². The van der Waals surface area contributed by atoms with Crippen molar-refractivity contribution >= 4 is 27.5 Å². The topological polar surface area (TPSA) is 42.0 Å². The number of hydrogen-bond acceptors (Lipinski definition) is 2. The fraction of sp³-hybridized carbons (Fsp3) is 0.143. The second-order valence-electron chi connectivity index (χ2n) is 4.34. The van der Waals surface area contributed by atoms with Crippen LogP contribution in [-0.2, 0) is 6.18 Å². The Balaban J connectivity index is 2.31. The maximum absolute atomic E-state index is 12.8. The summed E-state index contributed by atoms with van der Waals surface area (Å²) in [5.74, 6) is -0.609. The molecule has 1 N–H and O–H groups in total. The van der Waals surface area contributed by atoms with E-state index in [9.17, 15) is 18.0 Å². The Bertz CT molecular complexity index is 686. The Kier molecular flexibility index (Phi) is 4.32. The smallest absolute Gasteiger partial charge is 0.322 e. The van der Waals surface area contributed by atoms with Gasteiger partial charge in [-0.3, -0.25) is 9.78 Å². The Morgan fingerprint density at radius 1 is 1.29 bits per heavy atom. The van der Waals surface area contributed by atoms with Crippen LogP contribution in [0.25, 0.3) is 0 Å². The van der Waals surface area contributed by atoms with Gasteiger partial charge in [-0.2, -0.15) is 13.2 Å². The number of carbonyl (C=O) groups excluding carboxylic acids is 1. The van der Waals surface area contributed by atoms with E-state index >= 15 is 0 Å². The minimum absolute atomic E-state index is 0.0678. The molecule has 1 aromatic carbocycles. The molecule has 21 heavy (non-hydrogen) atoms. The van der Waals surface area contributed by atoms with Gasteiger partial charge in [0, 0.05) is 28.1 Å². The summed E-state index contributed by atoms with van der Waals surface area (Å²) in [6.07, 6.45) is -1.48. The predicted molar refractivity (Wildman–Crippen MR) is 76.1 cm³/mol. The van der Waals surface area contributed by atoms with Gasteiger partial charge in [-0.1, -0.05) is 15.9 Å². The first-order valence-corrected chi connectivity index (χ1v) is 6.67. The van der Waals surface area contributed by atoms with E-state index in [-0.39, 0.29) is 10.0 Å². The van der Waals surface area contributed by atoms with E-state index in [2.05, 4.69) is 26.2 Å². The molecule has 110 valence electrons. The average Bonchev–Trinajstić information content (AvgIpc) is 2.40. The number of benzene rings is 1. The van der Waals surface area contributed by atoms with E-state index in [4.69, 9.17) is 0 Å². The number of nitrogens with zero attached hydrogens (tertiary/aromatic N) is 1. The number of carbonyl (C=O) groups is 1. The van der Waals surface area contributed by atoms with Crippen molar-refractivity contribution in [2.75, 3.05) is 5.32 Å². The zero-order chi connectivity index (χ0) is 15.6. The van der Waals surface area contributed by atoms with Crippen LogP contribution in [0, 0.1) is 6.92 Å². The molecule has 0 atom stereocenters. The number of halogens is 4. The highest BCUT2D eigenvalue weighted by Gasteiger charge is 2.33. The van der Waals surface area contributed by atoms with Crippen molar-refractivity contribution in [2.24, 2.45) is 0 Å². The Morgan fingerprint density at radius 3 is 2.62 bits per heavy atom. The Labute approximate surface area is 127 Å². The van der Waals surface area contributed by atoms with Crippen LogP contribution in [-0.4, -0.2) is 10.9 Å². The van der Waals surface area contributed by atoms with Crippen molar-refractivity contribution in [2.45, 2.75) is 13.1 Å². The lowest BCUT2D eigenvalue weighted by molar-refractivity contribution is -0.138. The van der Waals surface area contributed by atoms with Crippen LogP contribution in [0.4, 0.5) is 18.9 Å². The van der Waals surface area contributed by atoms with Gasteiger partial charge >= 0.3 is 6.18 Å². The third kappa shape index (κ3) is 3.60. The van der Waals surface area contributed by atoms with Crippen molar-refractivity contribution in [3.8, 4) is 0 Å². The second kappa shape index (κ2) is 5.85. The summed E-state index contributed by atoms with van der Waals surface area (Å²) in [5, 5.41) is 2.56. The first-order valence-electron chi connectivity index (χ1n) is 5.88. The normalized spacial score (nSPS) is 11.3. The van der Waals surface area contributed by atoms with Crippen LogP contribution in [0.1, 0.15) is 21.5 Å². The van der Waals surface area contributed by atoms with E-state index < -0.39 is 17.6 Å². The second-order valence-corrected chi connectivity index (χ2v) is 5.19. The number of hydrogen-bond donors (Lipinski definition) is 1. The van der Waals surface area contributed by atoms with Crippen LogP contribution in [0.5, 0.6) is 0 Å². The van der Waals surface area contributed by atoms with E-state index in [1.807, 2.05) is 0 Å². The molecule has 0 saturated heterocycles. The lowest BCUT2D eigenvalue weighted by atomic mass is 10.1. The van der Waals surface area contributed by atoms with Crippen molar-refractivity contribution in [1.29, 1.82) is 0 Å². The Morgan fingerprint density at radius 2 is 2.00 bits per heavy atom. The molecular formula is C14H10BrF3N2O. The van der Waals surface area contributed by atoms with E-state index in [0.717, 1.165) is 11.6 Å². The minimum atomic E-state index is -4.53. The molecule has 2 aromatic rings. The summed E-state index contributed by atoms with van der Waals surface area (Å²) in [5.41, 5.74) is 0.272. The van der Waals surface area contributed by atoms with Gasteiger partial charge in [-0.15, -0.1) is 0 Å². The van der Waals surface area contributed by atoms with Crippen molar-refractivity contribution < 1.29 is 18.0 Å². The van der Waals surface area contributed by atoms with Gasteiger partial charge in [-0.25, -0.2) is 0 Å². The molecule has 0 saturated carbocycles. The van der Waals surface area contributed by atoms with Gasteiger partial charge < -0.3 is 5.32 Å². The largest absolute Gasteiger partial charge is 0.417 e. The molecule has 0 unspecified atom stereocenters. The van der Waals surface area contributed by atoms with Crippen LogP contribution < -0.4 is 5.32 Å². The van der Waals surface area contributed by atoms with Gasteiger partial charge in [0.1, 0.15) is 0 Å². The fourth-order valence-corrected chi connectivity index (χ4v) is 2.16. The molecule has 0 bridgehead atoms. The highest BCUT2D eigenvalue weighted by Crippen LogP contribution is 2.35. The minimum Gasteiger partial charge on any atom is -0.322 e. The van der Waals surface area contributed by atoms with Gasteiger partial charge in [-0.05, 0) is 36.8 Å². The van der Waals surface area contributed by atoms with E-state index in [1.54, 1.807) is 19.2 Å². The molecule has 1 heterocycles. The zero-order valence-corrected chi connectivity index (χ0v) is 12.4. The molecule has 0 fully saturated rings. The molecule has 7 heteroatoms. The van der Waals surface area contributed by atoms with Crippen molar-refractivity contribution in [3.63, 3.8) is 0 Å². The van der Waals surface area contributed by atoms with Crippen LogP contribution >= 0.6 is 15.9 Å². The summed E-state index contributed by atoms with van der Waals surface area (Å²) >= 11 is 2.83. The maximum atomic E-state index is 12.8. The SMILES string of the molecule is Cc1cnccc1NC(=O)c1ccc(Br)c(C(F)(F)F)c1. The molecule has 0 aliphatic rings. The van der Waals surface area contributed by atoms with Crippen LogP contribution in [0.15, 0.2) is 41.1 Å². The number of aromatic nitrogens is 1. The molecule has 2 rings (SSSR count). The summed E-state index contributed by atoms with van der Waals surface area (Å²) < 4.78 is 38.3. The Hall–Kier alpha value is -1.89. The zero-order valence-electron chi connectivity index (χ0n) is 10.8. The summed E-state index contributed by atoms with van der Waals surface area (Å²) in [7, 11) is 0. The monoisotopic (exact) mass is 358 g/mol. The molecule has 3 nitrogen and oxygen atoms in total. The average molecular weight is 359 g/mol. The summed E-state index contributed by atoms with van der Waals surface area (Å²) in [6.45, 7) is 1.74. The maximum Gasteiger partial charge on any atom is 0.417 e. The fourth-order valence-electron chi connectivity index (χ4n) is 1.69. The quantitative estimate of drug-likeness (QED) is 0.862. The number of alkyl halides is 3. The number of rotatable bonds is 2. The third-order valence-electron chi connectivity index (χ3n) is 2.80. The number of anilines is 1. The van der Waals surface area contributed by atoms with Gasteiger partial charge in [0.15, 0.2) is 0 Å². The highest BCUT2D eigenvalue weighted by atomic mass is 79.9. The number of aryl methyl sites for hydroxylation is 1. The highest BCUT2D eigenvalue weighted by molar-refractivity contribution is 9.10. The van der Waals surface area contributed by atoms with E-state index in [0.29, 0.717) is 5.69 Å². The molecule has 1 amide bonds. The van der Waals surface area contributed by atoms with Gasteiger partial charge in [0.2, 0.25) is 0 Å². The first kappa shape index (κ1) is 15.5. The van der Waals surface area contributed by atoms with Crippen molar-refractivity contribution in [1.82, 2.24) is 4.98 Å². The van der Waals surface area contributed by atoms with Crippen LogP contribution in [0.3, 0.4) is 0 Å². The number of pyridine rings is 1. The lowest BCUT2D eigenvalue weighted by Gasteiger charge is -2.12. The first-order chi connectivity index (χ1) is 9.79. The van der Waals surface area contributed by atoms with E-state index in [1.165, 1.54) is 18.3 Å². The molecule has 0 aliphatic heterocycles.